The Hall–Kier alpha value is -0.610. The molecule has 1 amide bonds. The van der Waals surface area contributed by atoms with Gasteiger partial charge >= 0.3 is 0 Å². The summed E-state index contributed by atoms with van der Waals surface area (Å²) in [7, 11) is 0. The highest BCUT2D eigenvalue weighted by molar-refractivity contribution is 5.78. The highest BCUT2D eigenvalue weighted by atomic mass is 16.3. The Morgan fingerprint density at radius 3 is 2.17 bits per heavy atom. The van der Waals surface area contributed by atoms with Gasteiger partial charge in [0.2, 0.25) is 5.91 Å². The number of nitrogens with one attached hydrogen (secondary N) is 1. The summed E-state index contributed by atoms with van der Waals surface area (Å²) in [6, 6.07) is 0. The summed E-state index contributed by atoms with van der Waals surface area (Å²) in [6.07, 6.45) is 9.79. The predicted molar refractivity (Wildman–Crippen MR) is 71.0 cm³/mol. The Bertz CT molecular complexity index is 292. The minimum absolute atomic E-state index is 0.0235. The molecule has 0 aromatic heterocycles. The maximum Gasteiger partial charge on any atom is 0.222 e. The minimum atomic E-state index is -0.359. The molecule has 0 unspecified atom stereocenters. The van der Waals surface area contributed by atoms with Gasteiger partial charge in [-0.3, -0.25) is 4.79 Å². The molecule has 2 saturated carbocycles. The lowest BCUT2D eigenvalue weighted by molar-refractivity contribution is -0.125. The number of hydrogen-bond donors (Lipinski definition) is 3. The van der Waals surface area contributed by atoms with Crippen LogP contribution in [0, 0.1) is 0 Å². The first kappa shape index (κ1) is 13.8. The van der Waals surface area contributed by atoms with Gasteiger partial charge < -0.3 is 16.2 Å². The summed E-state index contributed by atoms with van der Waals surface area (Å²) < 4.78 is 0. The number of carbonyl (C=O) groups is 1. The zero-order valence-corrected chi connectivity index (χ0v) is 11.2. The van der Waals surface area contributed by atoms with Gasteiger partial charge in [-0.25, -0.2) is 0 Å². The smallest absolute Gasteiger partial charge is 0.222 e. The number of hydrogen-bond acceptors (Lipinski definition) is 3. The van der Waals surface area contributed by atoms with Gasteiger partial charge in [-0.05, 0) is 25.7 Å². The average Bonchev–Trinajstić information content (AvgIpc) is 2.78. The highest BCUT2D eigenvalue weighted by Crippen LogP contribution is 2.31. The molecule has 0 aromatic carbocycles. The van der Waals surface area contributed by atoms with Crippen LogP contribution in [0.5, 0.6) is 0 Å². The standard InChI is InChI=1S/C14H26N2O2/c15-13(6-2-1-3-7-13)10-12(18)16-14(11-17)8-4-5-9-14/h17H,1-11,15H2,(H,16,18). The molecule has 0 aromatic rings. The molecule has 4 nitrogen and oxygen atoms in total. The van der Waals surface area contributed by atoms with Crippen LogP contribution in [0.3, 0.4) is 0 Å². The first-order valence-corrected chi connectivity index (χ1v) is 7.28. The third-order valence-electron chi connectivity index (χ3n) is 4.63. The molecule has 0 atom stereocenters. The van der Waals surface area contributed by atoms with Crippen molar-refractivity contribution in [3.8, 4) is 0 Å². The summed E-state index contributed by atoms with van der Waals surface area (Å²) in [5.74, 6) is 0.0235. The van der Waals surface area contributed by atoms with Crippen molar-refractivity contribution >= 4 is 5.91 Å². The molecule has 2 rings (SSSR count). The number of amides is 1. The molecule has 18 heavy (non-hydrogen) atoms. The number of carbonyl (C=O) groups excluding carboxylic acids is 1. The van der Waals surface area contributed by atoms with Gasteiger partial charge in [-0.1, -0.05) is 32.1 Å². The predicted octanol–water partition coefficient (Wildman–Crippen LogP) is 1.46. The average molecular weight is 254 g/mol. The van der Waals surface area contributed by atoms with E-state index in [1.165, 1.54) is 6.42 Å². The van der Waals surface area contributed by atoms with Crippen LogP contribution in [0.25, 0.3) is 0 Å². The molecule has 0 radical (unpaired) electrons. The molecular formula is C14H26N2O2. The molecule has 0 bridgehead atoms. The Labute approximate surface area is 109 Å². The van der Waals surface area contributed by atoms with E-state index in [9.17, 15) is 9.90 Å². The van der Waals surface area contributed by atoms with Crippen LogP contribution >= 0.6 is 0 Å². The second-order valence-corrected chi connectivity index (χ2v) is 6.29. The van der Waals surface area contributed by atoms with Gasteiger partial charge in [0.05, 0.1) is 12.1 Å². The van der Waals surface area contributed by atoms with Crippen molar-refractivity contribution in [2.75, 3.05) is 6.61 Å². The summed E-state index contributed by atoms with van der Waals surface area (Å²) in [5.41, 5.74) is 5.63. The van der Waals surface area contributed by atoms with E-state index < -0.39 is 0 Å². The lowest BCUT2D eigenvalue weighted by Gasteiger charge is -2.35. The quantitative estimate of drug-likeness (QED) is 0.711. The lowest BCUT2D eigenvalue weighted by atomic mass is 9.80. The van der Waals surface area contributed by atoms with E-state index in [1.54, 1.807) is 0 Å². The van der Waals surface area contributed by atoms with Crippen LogP contribution in [-0.2, 0) is 4.79 Å². The molecule has 0 aliphatic heterocycles. The first-order chi connectivity index (χ1) is 8.58. The summed E-state index contributed by atoms with van der Waals surface area (Å²) >= 11 is 0. The molecule has 104 valence electrons. The first-order valence-electron chi connectivity index (χ1n) is 7.28. The third-order valence-corrected chi connectivity index (χ3v) is 4.63. The number of nitrogens with two attached hydrogens (primary N) is 1. The van der Waals surface area contributed by atoms with Gasteiger partial charge in [0, 0.05) is 12.0 Å². The topological polar surface area (TPSA) is 75.4 Å². The van der Waals surface area contributed by atoms with Gasteiger partial charge in [0.1, 0.15) is 0 Å². The van der Waals surface area contributed by atoms with Crippen molar-refractivity contribution in [1.82, 2.24) is 5.32 Å². The Balaban J connectivity index is 1.87. The molecule has 2 aliphatic rings. The van der Waals surface area contributed by atoms with E-state index in [4.69, 9.17) is 5.73 Å². The molecule has 4 heteroatoms. The number of rotatable bonds is 4. The van der Waals surface area contributed by atoms with E-state index in [2.05, 4.69) is 5.32 Å². The molecule has 2 aliphatic carbocycles. The SMILES string of the molecule is NC1(CC(=O)NC2(CO)CCCC2)CCCCC1. The van der Waals surface area contributed by atoms with Gasteiger partial charge in [-0.2, -0.15) is 0 Å². The maximum atomic E-state index is 12.1. The molecule has 4 N–H and O–H groups in total. The fourth-order valence-corrected chi connectivity index (χ4v) is 3.47. The summed E-state index contributed by atoms with van der Waals surface area (Å²) in [6.45, 7) is 0.0519. The summed E-state index contributed by atoms with van der Waals surface area (Å²) in [4.78, 5) is 12.1. The van der Waals surface area contributed by atoms with Crippen LogP contribution < -0.4 is 11.1 Å². The van der Waals surface area contributed by atoms with Crippen LogP contribution in [-0.4, -0.2) is 28.7 Å². The molecule has 2 fully saturated rings. The zero-order valence-electron chi connectivity index (χ0n) is 11.2. The second kappa shape index (κ2) is 5.57. The molecule has 0 saturated heterocycles. The largest absolute Gasteiger partial charge is 0.394 e. The Kier molecular flexibility index (Phi) is 4.28. The van der Waals surface area contributed by atoms with Crippen molar-refractivity contribution in [3.63, 3.8) is 0 Å². The van der Waals surface area contributed by atoms with E-state index in [-0.39, 0.29) is 23.6 Å². The highest BCUT2D eigenvalue weighted by Gasteiger charge is 2.37. The monoisotopic (exact) mass is 254 g/mol. The normalized spacial score (nSPS) is 25.9. The van der Waals surface area contributed by atoms with E-state index >= 15 is 0 Å². The van der Waals surface area contributed by atoms with E-state index in [0.29, 0.717) is 6.42 Å². The number of aliphatic hydroxyl groups excluding tert-OH is 1. The Morgan fingerprint density at radius 2 is 1.61 bits per heavy atom. The van der Waals surface area contributed by atoms with Gasteiger partial charge in [0.25, 0.3) is 0 Å². The zero-order chi connectivity index (χ0) is 13.1. The second-order valence-electron chi connectivity index (χ2n) is 6.29. The van der Waals surface area contributed by atoms with E-state index in [0.717, 1.165) is 51.4 Å². The maximum absolute atomic E-state index is 12.1. The van der Waals surface area contributed by atoms with Crippen LogP contribution in [0.4, 0.5) is 0 Å². The van der Waals surface area contributed by atoms with Gasteiger partial charge in [0.15, 0.2) is 0 Å². The molecule has 0 heterocycles. The fourth-order valence-electron chi connectivity index (χ4n) is 3.47. The molecular weight excluding hydrogens is 228 g/mol. The van der Waals surface area contributed by atoms with Crippen LogP contribution in [0.2, 0.25) is 0 Å². The van der Waals surface area contributed by atoms with Crippen molar-refractivity contribution in [2.24, 2.45) is 5.73 Å². The summed E-state index contributed by atoms with van der Waals surface area (Å²) in [5, 5.41) is 12.5. The van der Waals surface area contributed by atoms with Crippen LogP contribution in [0.1, 0.15) is 64.2 Å². The van der Waals surface area contributed by atoms with E-state index in [1.807, 2.05) is 0 Å². The van der Waals surface area contributed by atoms with Crippen molar-refractivity contribution < 1.29 is 9.90 Å². The van der Waals surface area contributed by atoms with Crippen molar-refractivity contribution in [1.29, 1.82) is 0 Å². The lowest BCUT2D eigenvalue weighted by Crippen LogP contribution is -2.53. The minimum Gasteiger partial charge on any atom is -0.394 e. The van der Waals surface area contributed by atoms with Crippen LogP contribution in [0.15, 0.2) is 0 Å². The number of aliphatic hydroxyl groups is 1. The third kappa shape index (κ3) is 3.23. The fraction of sp³-hybridized carbons (Fsp3) is 0.929. The molecule has 0 spiro atoms. The van der Waals surface area contributed by atoms with Gasteiger partial charge in [-0.15, -0.1) is 0 Å². The van der Waals surface area contributed by atoms with Crippen molar-refractivity contribution in [2.45, 2.75) is 75.3 Å². The van der Waals surface area contributed by atoms with Crippen molar-refractivity contribution in [3.05, 3.63) is 0 Å². The Morgan fingerprint density at radius 1 is 1.06 bits per heavy atom.